The number of rotatable bonds is 6. The predicted molar refractivity (Wildman–Crippen MR) is 97.4 cm³/mol. The van der Waals surface area contributed by atoms with E-state index in [0.717, 1.165) is 10.3 Å². The molecule has 0 radical (unpaired) electrons. The van der Waals surface area contributed by atoms with Crippen LogP contribution in [0.15, 0.2) is 71.8 Å². The van der Waals surface area contributed by atoms with Crippen LogP contribution in [0, 0.1) is 5.82 Å². The first-order valence-corrected chi connectivity index (χ1v) is 8.29. The molecule has 0 aliphatic carbocycles. The highest BCUT2D eigenvalue weighted by molar-refractivity contribution is 5.91. The van der Waals surface area contributed by atoms with E-state index in [4.69, 9.17) is 4.84 Å². The summed E-state index contributed by atoms with van der Waals surface area (Å²) >= 11 is 0. The molecule has 0 spiro atoms. The van der Waals surface area contributed by atoms with Crippen LogP contribution in [0.4, 0.5) is 4.39 Å². The van der Waals surface area contributed by atoms with E-state index < -0.39 is 11.5 Å². The van der Waals surface area contributed by atoms with E-state index in [2.05, 4.69) is 4.98 Å². The Hall–Kier alpha value is -3.48. The first-order chi connectivity index (χ1) is 13.0. The van der Waals surface area contributed by atoms with Gasteiger partial charge in [-0.15, -0.1) is 4.73 Å². The topological polar surface area (TPSA) is 64.4 Å². The van der Waals surface area contributed by atoms with Crippen LogP contribution < -0.4 is 10.4 Å². The molecule has 0 aliphatic rings. The summed E-state index contributed by atoms with van der Waals surface area (Å²) in [5, 5.41) is 0. The van der Waals surface area contributed by atoms with Gasteiger partial charge in [0, 0.05) is 19.8 Å². The number of nitrogens with zero attached hydrogens (tertiary/aromatic N) is 3. The van der Waals surface area contributed by atoms with Crippen LogP contribution in [0.2, 0.25) is 0 Å². The fourth-order valence-electron chi connectivity index (χ4n) is 2.52. The maximum atomic E-state index is 13.3. The highest BCUT2D eigenvalue weighted by Crippen LogP contribution is 2.07. The second-order valence-electron chi connectivity index (χ2n) is 5.96. The highest BCUT2D eigenvalue weighted by Gasteiger charge is 2.19. The third-order valence-electron chi connectivity index (χ3n) is 3.88. The molecule has 0 atom stereocenters. The van der Waals surface area contributed by atoms with Gasteiger partial charge in [0.05, 0.1) is 6.20 Å². The predicted octanol–water partition coefficient (Wildman–Crippen LogP) is 2.28. The van der Waals surface area contributed by atoms with Crippen molar-refractivity contribution in [2.75, 3.05) is 7.05 Å². The lowest BCUT2D eigenvalue weighted by Crippen LogP contribution is -2.37. The molecule has 1 amide bonds. The monoisotopic (exact) mass is 367 g/mol. The Balaban J connectivity index is 1.74. The van der Waals surface area contributed by atoms with Gasteiger partial charge in [-0.25, -0.2) is 9.37 Å². The molecule has 0 saturated carbocycles. The lowest BCUT2D eigenvalue weighted by atomic mass is 10.2. The number of halogens is 1. The Bertz CT molecular complexity index is 989. The fraction of sp³-hybridized carbons (Fsp3) is 0.150. The van der Waals surface area contributed by atoms with E-state index in [1.54, 1.807) is 12.1 Å². The third-order valence-corrected chi connectivity index (χ3v) is 3.88. The van der Waals surface area contributed by atoms with Crippen LogP contribution in [0.5, 0.6) is 0 Å². The van der Waals surface area contributed by atoms with E-state index >= 15 is 0 Å². The van der Waals surface area contributed by atoms with Crippen LogP contribution in [-0.4, -0.2) is 27.6 Å². The second kappa shape index (κ2) is 8.27. The van der Waals surface area contributed by atoms with Gasteiger partial charge < -0.3 is 9.74 Å². The van der Waals surface area contributed by atoms with Crippen molar-refractivity contribution in [3.8, 4) is 0 Å². The number of carbonyl (C=O) groups excluding carboxylic acids is 1. The summed E-state index contributed by atoms with van der Waals surface area (Å²) in [5.41, 5.74) is 0.591. The molecule has 0 unspecified atom stereocenters. The molecule has 7 heteroatoms. The zero-order valence-electron chi connectivity index (χ0n) is 14.7. The molecular weight excluding hydrogens is 349 g/mol. The number of hydrogen-bond acceptors (Lipinski definition) is 4. The van der Waals surface area contributed by atoms with E-state index in [1.807, 2.05) is 30.3 Å². The van der Waals surface area contributed by atoms with Crippen molar-refractivity contribution in [2.45, 2.75) is 13.2 Å². The summed E-state index contributed by atoms with van der Waals surface area (Å²) in [6, 6.07) is 15.3. The Morgan fingerprint density at radius 3 is 2.63 bits per heavy atom. The number of benzene rings is 2. The molecule has 3 rings (SSSR count). The average molecular weight is 367 g/mol. The van der Waals surface area contributed by atoms with E-state index in [1.165, 1.54) is 36.5 Å². The second-order valence-corrected chi connectivity index (χ2v) is 5.96. The molecule has 0 bridgehead atoms. The van der Waals surface area contributed by atoms with Gasteiger partial charge in [-0.3, -0.25) is 9.59 Å². The molecular formula is C20H18FN3O3. The van der Waals surface area contributed by atoms with Crippen molar-refractivity contribution < 1.29 is 14.0 Å². The van der Waals surface area contributed by atoms with Gasteiger partial charge in [0.1, 0.15) is 12.4 Å². The highest BCUT2D eigenvalue weighted by atomic mass is 19.1. The van der Waals surface area contributed by atoms with Crippen LogP contribution >= 0.6 is 0 Å². The third kappa shape index (κ3) is 4.58. The van der Waals surface area contributed by atoms with Gasteiger partial charge in [-0.2, -0.15) is 0 Å². The van der Waals surface area contributed by atoms with Crippen molar-refractivity contribution in [3.05, 3.63) is 100.0 Å². The maximum absolute atomic E-state index is 13.3. The summed E-state index contributed by atoms with van der Waals surface area (Å²) in [7, 11) is 1.52. The van der Waals surface area contributed by atoms with Crippen LogP contribution in [0.1, 0.15) is 21.6 Å². The van der Waals surface area contributed by atoms with E-state index in [0.29, 0.717) is 5.56 Å². The quantitative estimate of drug-likeness (QED) is 0.671. The number of aromatic nitrogens is 2. The maximum Gasteiger partial charge on any atom is 0.314 e. The Morgan fingerprint density at radius 2 is 1.89 bits per heavy atom. The van der Waals surface area contributed by atoms with Gasteiger partial charge >= 0.3 is 5.56 Å². The molecule has 2 aromatic carbocycles. The molecule has 0 fully saturated rings. The largest absolute Gasteiger partial charge is 0.406 e. The van der Waals surface area contributed by atoms with Crippen LogP contribution in [0.3, 0.4) is 0 Å². The van der Waals surface area contributed by atoms with Gasteiger partial charge in [0.25, 0.3) is 5.91 Å². The van der Waals surface area contributed by atoms with Crippen molar-refractivity contribution in [1.29, 1.82) is 0 Å². The number of hydrogen-bond donors (Lipinski definition) is 0. The lowest BCUT2D eigenvalue weighted by molar-refractivity contribution is 0.0734. The van der Waals surface area contributed by atoms with Crippen molar-refractivity contribution in [3.63, 3.8) is 0 Å². The summed E-state index contributed by atoms with van der Waals surface area (Å²) in [4.78, 5) is 35.8. The zero-order valence-corrected chi connectivity index (χ0v) is 14.7. The molecule has 0 N–H and O–H groups in total. The Morgan fingerprint density at radius 1 is 1.15 bits per heavy atom. The molecule has 1 heterocycles. The SMILES string of the molecule is CN(Cc1cccc(F)c1)C(=O)c1nccn(OCc2ccccc2)c1=O. The Kier molecular flexibility index (Phi) is 5.61. The van der Waals surface area contributed by atoms with Gasteiger partial charge in [-0.05, 0) is 23.3 Å². The molecule has 3 aromatic rings. The number of carbonyl (C=O) groups is 1. The minimum Gasteiger partial charge on any atom is -0.406 e. The minimum atomic E-state index is -0.649. The molecule has 0 aliphatic heterocycles. The summed E-state index contributed by atoms with van der Waals surface area (Å²) < 4.78 is 14.3. The van der Waals surface area contributed by atoms with Crippen molar-refractivity contribution >= 4 is 5.91 Å². The van der Waals surface area contributed by atoms with Gasteiger partial charge in [-0.1, -0.05) is 42.5 Å². The lowest BCUT2D eigenvalue weighted by Gasteiger charge is -2.17. The normalized spacial score (nSPS) is 10.4. The number of amides is 1. The first-order valence-electron chi connectivity index (χ1n) is 8.29. The van der Waals surface area contributed by atoms with Crippen molar-refractivity contribution in [2.24, 2.45) is 0 Å². The summed E-state index contributed by atoms with van der Waals surface area (Å²) in [6.07, 6.45) is 2.68. The summed E-state index contributed by atoms with van der Waals surface area (Å²) in [6.45, 7) is 0.328. The molecule has 0 saturated heterocycles. The molecule has 27 heavy (non-hydrogen) atoms. The van der Waals surface area contributed by atoms with Crippen LogP contribution in [0.25, 0.3) is 0 Å². The minimum absolute atomic E-state index is 0.150. The molecule has 6 nitrogen and oxygen atoms in total. The van der Waals surface area contributed by atoms with Gasteiger partial charge in [0.2, 0.25) is 0 Å². The fourth-order valence-corrected chi connectivity index (χ4v) is 2.52. The van der Waals surface area contributed by atoms with Crippen LogP contribution in [-0.2, 0) is 13.2 Å². The zero-order chi connectivity index (χ0) is 19.2. The smallest absolute Gasteiger partial charge is 0.314 e. The molecule has 138 valence electrons. The van der Waals surface area contributed by atoms with E-state index in [-0.39, 0.29) is 24.7 Å². The molecule has 1 aromatic heterocycles. The van der Waals surface area contributed by atoms with E-state index in [9.17, 15) is 14.0 Å². The standard InChI is InChI=1S/C20H18FN3O3/c1-23(13-16-8-5-9-17(21)12-16)19(25)18-20(26)24(11-10-22-18)27-14-15-6-3-2-4-7-15/h2-12H,13-14H2,1H3. The Labute approximate surface area is 155 Å². The first kappa shape index (κ1) is 18.3. The van der Waals surface area contributed by atoms with Crippen molar-refractivity contribution in [1.82, 2.24) is 14.6 Å². The summed E-state index contributed by atoms with van der Waals surface area (Å²) in [5.74, 6) is -0.954. The average Bonchev–Trinajstić information content (AvgIpc) is 2.67. The van der Waals surface area contributed by atoms with Gasteiger partial charge in [0.15, 0.2) is 5.69 Å².